The lowest BCUT2D eigenvalue weighted by Crippen LogP contribution is -2.53. The lowest BCUT2D eigenvalue weighted by molar-refractivity contribution is -0.131. The molecular formula is C45H73N7O13. The number of nitrogens with zero attached hydrogens (tertiary/aromatic N) is 3. The number of benzene rings is 2. The lowest BCUT2D eigenvalue weighted by atomic mass is 10.0. The molecule has 20 nitrogen and oxygen atoms in total. The summed E-state index contributed by atoms with van der Waals surface area (Å²) in [6.07, 6.45) is 2.05. The van der Waals surface area contributed by atoms with Gasteiger partial charge in [0.05, 0.1) is 132 Å². The molecule has 366 valence electrons. The van der Waals surface area contributed by atoms with Crippen LogP contribution in [0.4, 0.5) is 5.69 Å². The van der Waals surface area contributed by atoms with Gasteiger partial charge in [-0.2, -0.15) is 0 Å². The maximum absolute atomic E-state index is 13.6. The van der Waals surface area contributed by atoms with Crippen molar-refractivity contribution in [3.05, 3.63) is 76.2 Å². The van der Waals surface area contributed by atoms with E-state index >= 15 is 0 Å². The van der Waals surface area contributed by atoms with Crippen molar-refractivity contribution in [2.45, 2.75) is 51.1 Å². The van der Waals surface area contributed by atoms with Gasteiger partial charge in [0.15, 0.2) is 0 Å². The van der Waals surface area contributed by atoms with Crippen LogP contribution in [0.2, 0.25) is 0 Å². The molecule has 0 aliphatic heterocycles. The fraction of sp³-hybridized carbons (Fsp3) is 0.667. The fourth-order valence-corrected chi connectivity index (χ4v) is 5.62. The van der Waals surface area contributed by atoms with E-state index in [1.165, 1.54) is 0 Å². The number of unbranched alkanes of at least 4 members (excludes halogenated alkanes) is 1. The van der Waals surface area contributed by atoms with E-state index in [2.05, 4.69) is 26.0 Å². The Labute approximate surface area is 383 Å². The Balaban J connectivity index is 1.44. The van der Waals surface area contributed by atoms with Crippen LogP contribution in [0.1, 0.15) is 36.8 Å². The number of ether oxygens (including phenoxy) is 10. The maximum Gasteiger partial charge on any atom is 0.246 e. The molecule has 0 unspecified atom stereocenters. The van der Waals surface area contributed by atoms with Crippen LogP contribution in [-0.4, -0.2) is 175 Å². The summed E-state index contributed by atoms with van der Waals surface area (Å²) >= 11 is 0. The van der Waals surface area contributed by atoms with Gasteiger partial charge in [0.25, 0.3) is 0 Å². The van der Waals surface area contributed by atoms with Crippen molar-refractivity contribution < 1.29 is 61.8 Å². The Morgan fingerprint density at radius 3 is 1.46 bits per heavy atom. The molecule has 0 heterocycles. The molecule has 0 fully saturated rings. The van der Waals surface area contributed by atoms with Crippen molar-refractivity contribution in [2.24, 2.45) is 10.8 Å². The first kappa shape index (κ1) is 56.8. The number of rotatable bonds is 44. The van der Waals surface area contributed by atoms with Gasteiger partial charge in [0.1, 0.15) is 12.1 Å². The van der Waals surface area contributed by atoms with Crippen molar-refractivity contribution in [3.63, 3.8) is 0 Å². The van der Waals surface area contributed by atoms with Gasteiger partial charge in [-0.15, -0.1) is 0 Å². The second-order valence-corrected chi connectivity index (χ2v) is 14.3. The molecule has 0 aromatic heterocycles. The van der Waals surface area contributed by atoms with Crippen LogP contribution in [0.3, 0.4) is 0 Å². The van der Waals surface area contributed by atoms with Crippen LogP contribution in [0.25, 0.3) is 10.4 Å². The first-order valence-electron chi connectivity index (χ1n) is 22.4. The standard InChI is InChI=1S/C45H73N7O13/c1-38-10-12-40(13-11-38)49-44(54)41(9-5-6-15-46)51-45(55)42(37-39-7-3-2-4-8-39)50-43(53)14-17-56-19-21-58-23-25-60-27-29-62-31-33-64-35-36-65-34-32-63-30-28-61-26-24-59-22-20-57-18-16-48-52-47/h2-4,7-8,10-13,41-42H,5-6,9,14-37,46H2,1H3,(H,49,54)(H,50,53)(H,51,55)/t41-,42-/m0/s1. The lowest BCUT2D eigenvalue weighted by Gasteiger charge is -2.23. The molecule has 2 aromatic carbocycles. The molecule has 5 N–H and O–H groups in total. The number of carbonyl (C=O) groups is 3. The SMILES string of the molecule is Cc1ccc(NC(=O)[C@H](CCCCN)NC(=O)[C@H](Cc2ccccc2)NC(=O)CCOCCOCCOCCOCCOCCOCCOCCOCCOCCOCCN=[N+]=[N-])cc1. The minimum atomic E-state index is -0.905. The van der Waals surface area contributed by atoms with E-state index < -0.39 is 18.0 Å². The van der Waals surface area contributed by atoms with E-state index in [4.69, 9.17) is 58.6 Å². The van der Waals surface area contributed by atoms with Crippen molar-refractivity contribution >= 4 is 23.4 Å². The Kier molecular flexibility index (Phi) is 36.0. The Morgan fingerprint density at radius 2 is 1.02 bits per heavy atom. The molecule has 0 radical (unpaired) electrons. The number of carbonyl (C=O) groups excluding carboxylic acids is 3. The van der Waals surface area contributed by atoms with Gasteiger partial charge < -0.3 is 69.1 Å². The largest absolute Gasteiger partial charge is 0.379 e. The minimum Gasteiger partial charge on any atom is -0.379 e. The van der Waals surface area contributed by atoms with Crippen molar-refractivity contribution in [1.29, 1.82) is 0 Å². The van der Waals surface area contributed by atoms with Gasteiger partial charge >= 0.3 is 0 Å². The highest BCUT2D eigenvalue weighted by Crippen LogP contribution is 2.12. The van der Waals surface area contributed by atoms with Gasteiger partial charge in [-0.3, -0.25) is 14.4 Å². The third-order valence-corrected chi connectivity index (χ3v) is 9.05. The summed E-state index contributed by atoms with van der Waals surface area (Å²) in [5.41, 5.74) is 16.4. The minimum absolute atomic E-state index is 0.0445. The van der Waals surface area contributed by atoms with E-state index in [0.29, 0.717) is 164 Å². The Bertz CT molecular complexity index is 1530. The maximum atomic E-state index is 13.6. The van der Waals surface area contributed by atoms with E-state index in [9.17, 15) is 14.4 Å². The molecule has 2 atom stereocenters. The highest BCUT2D eigenvalue weighted by molar-refractivity contribution is 5.98. The third kappa shape index (κ3) is 32.9. The topological polar surface area (TPSA) is 254 Å². The van der Waals surface area contributed by atoms with Gasteiger partial charge in [-0.05, 0) is 56.0 Å². The molecule has 0 spiro atoms. The fourth-order valence-electron chi connectivity index (χ4n) is 5.62. The van der Waals surface area contributed by atoms with Crippen LogP contribution in [0.5, 0.6) is 0 Å². The van der Waals surface area contributed by atoms with Crippen LogP contribution >= 0.6 is 0 Å². The smallest absolute Gasteiger partial charge is 0.246 e. The molecule has 65 heavy (non-hydrogen) atoms. The first-order valence-corrected chi connectivity index (χ1v) is 22.4. The summed E-state index contributed by atoms with van der Waals surface area (Å²) in [7, 11) is 0. The van der Waals surface area contributed by atoms with E-state index in [0.717, 1.165) is 11.1 Å². The second kappa shape index (κ2) is 41.2. The predicted molar refractivity (Wildman–Crippen MR) is 244 cm³/mol. The zero-order valence-electron chi connectivity index (χ0n) is 38.2. The van der Waals surface area contributed by atoms with E-state index in [1.54, 1.807) is 0 Å². The highest BCUT2D eigenvalue weighted by atomic mass is 16.6. The van der Waals surface area contributed by atoms with E-state index in [1.807, 2.05) is 61.5 Å². The van der Waals surface area contributed by atoms with Gasteiger partial charge in [-0.25, -0.2) is 0 Å². The summed E-state index contributed by atoms with van der Waals surface area (Å²) in [5.74, 6) is -1.14. The molecule has 2 rings (SSSR count). The third-order valence-electron chi connectivity index (χ3n) is 9.05. The zero-order valence-corrected chi connectivity index (χ0v) is 38.2. The number of hydrogen-bond donors (Lipinski definition) is 4. The molecular weight excluding hydrogens is 847 g/mol. The second-order valence-electron chi connectivity index (χ2n) is 14.3. The summed E-state index contributed by atoms with van der Waals surface area (Å²) < 4.78 is 54.7. The summed E-state index contributed by atoms with van der Waals surface area (Å²) in [5, 5.41) is 12.0. The molecule has 0 aliphatic rings. The summed E-state index contributed by atoms with van der Waals surface area (Å²) in [6.45, 7) is 11.1. The number of nitrogens with one attached hydrogen (secondary N) is 3. The van der Waals surface area contributed by atoms with Gasteiger partial charge in [-0.1, -0.05) is 53.1 Å². The monoisotopic (exact) mass is 920 g/mol. The quantitative estimate of drug-likeness (QED) is 0.0323. The average molecular weight is 920 g/mol. The van der Waals surface area contributed by atoms with Crippen LogP contribution in [-0.2, 0) is 68.2 Å². The predicted octanol–water partition coefficient (Wildman–Crippen LogP) is 3.14. The molecule has 3 amide bonds. The average Bonchev–Trinajstić information content (AvgIpc) is 3.31. The van der Waals surface area contributed by atoms with Crippen LogP contribution < -0.4 is 21.7 Å². The number of azide groups is 1. The zero-order chi connectivity index (χ0) is 46.7. The molecule has 0 bridgehead atoms. The van der Waals surface area contributed by atoms with E-state index in [-0.39, 0.29) is 31.3 Å². The number of amides is 3. The van der Waals surface area contributed by atoms with Gasteiger partial charge in [0, 0.05) is 30.0 Å². The van der Waals surface area contributed by atoms with Crippen LogP contribution in [0, 0.1) is 6.92 Å². The molecule has 2 aromatic rings. The normalized spacial score (nSPS) is 12.0. The van der Waals surface area contributed by atoms with Crippen LogP contribution in [0.15, 0.2) is 59.7 Å². The molecule has 0 saturated heterocycles. The highest BCUT2D eigenvalue weighted by Gasteiger charge is 2.27. The Hall–Kier alpha value is -4.28. The van der Waals surface area contributed by atoms with Gasteiger partial charge in [0.2, 0.25) is 17.7 Å². The molecule has 20 heteroatoms. The molecule has 0 aliphatic carbocycles. The summed E-state index contributed by atoms with van der Waals surface area (Å²) in [4.78, 5) is 42.5. The molecule has 0 saturated carbocycles. The van der Waals surface area contributed by atoms with Crippen molar-refractivity contribution in [3.8, 4) is 0 Å². The first-order chi connectivity index (χ1) is 31.9. The van der Waals surface area contributed by atoms with Crippen molar-refractivity contribution in [1.82, 2.24) is 10.6 Å². The summed E-state index contributed by atoms with van der Waals surface area (Å²) in [6, 6.07) is 15.1. The number of anilines is 1. The number of nitrogens with two attached hydrogens (primary N) is 1. The number of hydrogen-bond acceptors (Lipinski definition) is 15. The Morgan fingerprint density at radius 1 is 0.569 bits per heavy atom. The number of aryl methyl sites for hydroxylation is 1. The van der Waals surface area contributed by atoms with Crippen molar-refractivity contribution in [2.75, 3.05) is 151 Å².